The number of nitrogens with one attached hydrogen (secondary N) is 3. The summed E-state index contributed by atoms with van der Waals surface area (Å²) in [6.45, 7) is 16.9. The first-order chi connectivity index (χ1) is 10.6. The number of hydrogen-bond acceptors (Lipinski definition) is 3. The monoisotopic (exact) mass is 327 g/mol. The molecule has 6 heteroatoms. The van der Waals surface area contributed by atoms with Crippen LogP contribution in [0.5, 0.6) is 0 Å². The fourth-order valence-corrected chi connectivity index (χ4v) is 2.43. The topological polar surface area (TPSA) is 68.8 Å². The Morgan fingerprint density at radius 3 is 2.09 bits per heavy atom. The molecule has 0 bridgehead atoms. The maximum absolute atomic E-state index is 11.8. The van der Waals surface area contributed by atoms with E-state index in [1.807, 2.05) is 20.8 Å². The van der Waals surface area contributed by atoms with Gasteiger partial charge in [-0.05, 0) is 54.9 Å². The van der Waals surface area contributed by atoms with Gasteiger partial charge in [0.1, 0.15) is 0 Å². The number of hydrogen-bond donors (Lipinski definition) is 3. The summed E-state index contributed by atoms with van der Waals surface area (Å²) in [6, 6.07) is 1.10. The third kappa shape index (κ3) is 11.0. The first-order valence-electron chi connectivity index (χ1n) is 8.58. The highest BCUT2D eigenvalue weighted by Gasteiger charge is 2.14. The zero-order chi connectivity index (χ0) is 18.0. The molecule has 136 valence electrons. The molecule has 0 aliphatic heterocycles. The molecule has 0 saturated heterocycles. The third-order valence-corrected chi connectivity index (χ3v) is 3.37. The molecular formula is C17H37N5O. The molecule has 0 aliphatic rings. The predicted octanol–water partition coefficient (Wildman–Crippen LogP) is 1.58. The van der Waals surface area contributed by atoms with Crippen molar-refractivity contribution in [3.63, 3.8) is 0 Å². The van der Waals surface area contributed by atoms with Gasteiger partial charge in [-0.3, -0.25) is 14.7 Å². The van der Waals surface area contributed by atoms with Crippen LogP contribution in [0.2, 0.25) is 0 Å². The highest BCUT2D eigenvalue weighted by molar-refractivity contribution is 5.86. The molecule has 0 saturated carbocycles. The van der Waals surface area contributed by atoms with E-state index >= 15 is 0 Å². The van der Waals surface area contributed by atoms with Crippen LogP contribution in [0.4, 0.5) is 0 Å². The second-order valence-corrected chi connectivity index (χ2v) is 7.43. The van der Waals surface area contributed by atoms with Gasteiger partial charge in [-0.15, -0.1) is 0 Å². The molecule has 23 heavy (non-hydrogen) atoms. The van der Waals surface area contributed by atoms with Gasteiger partial charge in [-0.2, -0.15) is 0 Å². The molecule has 0 heterocycles. The number of rotatable bonds is 8. The van der Waals surface area contributed by atoms with E-state index < -0.39 is 0 Å². The van der Waals surface area contributed by atoms with Gasteiger partial charge in [-0.1, -0.05) is 0 Å². The molecule has 0 radical (unpaired) electrons. The Bertz CT molecular complexity index is 364. The summed E-state index contributed by atoms with van der Waals surface area (Å²) < 4.78 is 0. The van der Waals surface area contributed by atoms with E-state index in [1.165, 1.54) is 0 Å². The molecule has 0 unspecified atom stereocenters. The van der Waals surface area contributed by atoms with E-state index in [9.17, 15) is 4.79 Å². The van der Waals surface area contributed by atoms with Gasteiger partial charge < -0.3 is 16.0 Å². The van der Waals surface area contributed by atoms with Crippen LogP contribution in [-0.4, -0.2) is 61.1 Å². The number of carbonyl (C=O) groups excluding carboxylic acids is 1. The first-order valence-corrected chi connectivity index (χ1v) is 8.58. The van der Waals surface area contributed by atoms with Crippen molar-refractivity contribution in [2.24, 2.45) is 4.99 Å². The van der Waals surface area contributed by atoms with Crippen molar-refractivity contribution in [2.45, 2.75) is 72.5 Å². The molecule has 0 aromatic carbocycles. The van der Waals surface area contributed by atoms with Gasteiger partial charge in [-0.25, -0.2) is 0 Å². The van der Waals surface area contributed by atoms with Crippen LogP contribution in [-0.2, 0) is 4.79 Å². The van der Waals surface area contributed by atoms with Crippen LogP contribution in [0.3, 0.4) is 0 Å². The van der Waals surface area contributed by atoms with E-state index in [-0.39, 0.29) is 18.0 Å². The minimum Gasteiger partial charge on any atom is -0.356 e. The molecule has 0 fully saturated rings. The number of amides is 1. The maximum Gasteiger partial charge on any atom is 0.239 e. The van der Waals surface area contributed by atoms with Crippen molar-refractivity contribution in [2.75, 3.05) is 26.7 Å². The Kier molecular flexibility index (Phi) is 9.88. The smallest absolute Gasteiger partial charge is 0.239 e. The van der Waals surface area contributed by atoms with Crippen LogP contribution in [0.1, 0.15) is 54.9 Å². The molecule has 0 aromatic rings. The molecule has 0 spiro atoms. The Morgan fingerprint density at radius 1 is 1.09 bits per heavy atom. The second-order valence-electron chi connectivity index (χ2n) is 7.43. The van der Waals surface area contributed by atoms with E-state index in [4.69, 9.17) is 0 Å². The molecule has 0 rings (SSSR count). The van der Waals surface area contributed by atoms with Crippen LogP contribution >= 0.6 is 0 Å². The molecule has 0 aliphatic carbocycles. The minimum absolute atomic E-state index is 0.0359. The Balaban J connectivity index is 4.06. The van der Waals surface area contributed by atoms with E-state index in [0.29, 0.717) is 18.0 Å². The number of aliphatic imine (C=N–C) groups is 1. The summed E-state index contributed by atoms with van der Waals surface area (Å²) in [6.07, 6.45) is 1.03. The average Bonchev–Trinajstić information content (AvgIpc) is 2.38. The lowest BCUT2D eigenvalue weighted by Crippen LogP contribution is -2.48. The summed E-state index contributed by atoms with van der Waals surface area (Å²) in [5.41, 5.74) is -0.215. The Morgan fingerprint density at radius 2 is 1.65 bits per heavy atom. The number of guanidine groups is 1. The van der Waals surface area contributed by atoms with Crippen LogP contribution in [0.25, 0.3) is 0 Å². The molecule has 3 N–H and O–H groups in total. The van der Waals surface area contributed by atoms with Gasteiger partial charge in [0.05, 0.1) is 6.54 Å². The highest BCUT2D eigenvalue weighted by atomic mass is 16.2. The number of carbonyl (C=O) groups is 1. The summed E-state index contributed by atoms with van der Waals surface area (Å²) >= 11 is 0. The van der Waals surface area contributed by atoms with E-state index in [2.05, 4.69) is 53.5 Å². The normalized spacial score (nSPS) is 12.9. The molecular weight excluding hydrogens is 290 g/mol. The van der Waals surface area contributed by atoms with Crippen LogP contribution < -0.4 is 16.0 Å². The fourth-order valence-electron chi connectivity index (χ4n) is 2.43. The lowest BCUT2D eigenvalue weighted by atomic mass is 10.1. The largest absolute Gasteiger partial charge is 0.356 e. The van der Waals surface area contributed by atoms with Crippen molar-refractivity contribution in [3.8, 4) is 0 Å². The lowest BCUT2D eigenvalue weighted by Gasteiger charge is -2.30. The second kappa shape index (κ2) is 10.5. The van der Waals surface area contributed by atoms with Gasteiger partial charge in [0.2, 0.25) is 5.91 Å². The van der Waals surface area contributed by atoms with Gasteiger partial charge >= 0.3 is 0 Å². The third-order valence-electron chi connectivity index (χ3n) is 3.37. The fraction of sp³-hybridized carbons (Fsp3) is 0.882. The van der Waals surface area contributed by atoms with Gasteiger partial charge in [0.15, 0.2) is 5.96 Å². The van der Waals surface area contributed by atoms with Crippen molar-refractivity contribution in [1.29, 1.82) is 0 Å². The minimum atomic E-state index is -0.215. The molecule has 6 nitrogen and oxygen atoms in total. The summed E-state index contributed by atoms with van der Waals surface area (Å²) in [4.78, 5) is 18.4. The number of nitrogens with zero attached hydrogens (tertiary/aromatic N) is 2. The Labute approximate surface area is 142 Å². The van der Waals surface area contributed by atoms with E-state index in [0.717, 1.165) is 19.5 Å². The van der Waals surface area contributed by atoms with Gasteiger partial charge in [0.25, 0.3) is 0 Å². The molecule has 0 atom stereocenters. The summed E-state index contributed by atoms with van der Waals surface area (Å²) in [5.74, 6) is 0.626. The lowest BCUT2D eigenvalue weighted by molar-refractivity contribution is -0.121. The van der Waals surface area contributed by atoms with E-state index in [1.54, 1.807) is 7.05 Å². The maximum atomic E-state index is 11.8. The van der Waals surface area contributed by atoms with Crippen LogP contribution in [0.15, 0.2) is 4.99 Å². The van der Waals surface area contributed by atoms with Gasteiger partial charge in [0, 0.05) is 37.8 Å². The first kappa shape index (κ1) is 21.7. The zero-order valence-electron chi connectivity index (χ0n) is 16.3. The summed E-state index contributed by atoms with van der Waals surface area (Å²) in [5, 5.41) is 9.21. The standard InChI is InChI=1S/C17H37N5O/c1-13(2)22(14(3)4)11-9-10-19-16(18-8)20-12-15(23)21-17(5,6)7/h13-14H,9-12H2,1-8H3,(H,21,23)(H2,18,19,20). The molecule has 0 aromatic heterocycles. The highest BCUT2D eigenvalue weighted by Crippen LogP contribution is 2.05. The summed E-state index contributed by atoms with van der Waals surface area (Å²) in [7, 11) is 1.71. The van der Waals surface area contributed by atoms with Crippen molar-refractivity contribution >= 4 is 11.9 Å². The van der Waals surface area contributed by atoms with Crippen molar-refractivity contribution in [3.05, 3.63) is 0 Å². The quantitative estimate of drug-likeness (QED) is 0.360. The average molecular weight is 328 g/mol. The zero-order valence-corrected chi connectivity index (χ0v) is 16.3. The van der Waals surface area contributed by atoms with Crippen LogP contribution in [0, 0.1) is 0 Å². The van der Waals surface area contributed by atoms with Crippen molar-refractivity contribution in [1.82, 2.24) is 20.9 Å². The molecule has 1 amide bonds. The SMILES string of the molecule is CN=C(NCCCN(C(C)C)C(C)C)NCC(=O)NC(C)(C)C. The van der Waals surface area contributed by atoms with Crippen molar-refractivity contribution < 1.29 is 4.79 Å². The Hall–Kier alpha value is -1.30. The predicted molar refractivity (Wildman–Crippen MR) is 98.9 cm³/mol.